The Labute approximate surface area is 155 Å². The minimum Gasteiger partial charge on any atom is -0.368 e. The topological polar surface area (TPSA) is 99.2 Å². The number of carbonyl (C=O) groups excluding carboxylic acids is 1. The first-order valence-electron chi connectivity index (χ1n) is 8.85. The van der Waals surface area contributed by atoms with E-state index in [1.54, 1.807) is 23.9 Å². The number of nitrogens with one attached hydrogen (secondary N) is 1. The van der Waals surface area contributed by atoms with E-state index < -0.39 is 5.91 Å². The predicted octanol–water partition coefficient (Wildman–Crippen LogP) is 2.01. The molecule has 4 rings (SSSR count). The average molecular weight is 368 g/mol. The fourth-order valence-electron chi connectivity index (χ4n) is 3.26. The van der Waals surface area contributed by atoms with Gasteiger partial charge in [-0.25, -0.2) is 0 Å². The summed E-state index contributed by atoms with van der Waals surface area (Å²) in [6.45, 7) is 2.67. The number of aryl methyl sites for hydroxylation is 2. The highest BCUT2D eigenvalue weighted by Gasteiger charge is 2.24. The summed E-state index contributed by atoms with van der Waals surface area (Å²) in [6.07, 6.45) is 3.19. The molecule has 0 unspecified atom stereocenters. The fourth-order valence-corrected chi connectivity index (χ4v) is 3.26. The smallest absolute Gasteiger partial charge is 0.257 e. The number of benzene rings is 1. The SMILES string of the molecule is Cc1ccc2c(c1)c(=O)c(C(=O)NCc1noc([C@@H]3CCCO3)n1)cn2C. The molecule has 1 aliphatic heterocycles. The molecule has 1 saturated heterocycles. The van der Waals surface area contributed by atoms with Crippen LogP contribution in [0.4, 0.5) is 0 Å². The lowest BCUT2D eigenvalue weighted by Crippen LogP contribution is -2.29. The van der Waals surface area contributed by atoms with Crippen molar-refractivity contribution in [1.29, 1.82) is 0 Å². The number of hydrogen-bond donors (Lipinski definition) is 1. The zero-order chi connectivity index (χ0) is 19.0. The van der Waals surface area contributed by atoms with Crippen molar-refractivity contribution in [2.75, 3.05) is 6.61 Å². The third-order valence-corrected chi connectivity index (χ3v) is 4.68. The van der Waals surface area contributed by atoms with Gasteiger partial charge in [0.25, 0.3) is 11.8 Å². The minimum absolute atomic E-state index is 0.0735. The first-order chi connectivity index (χ1) is 13.0. The third kappa shape index (κ3) is 3.35. The van der Waals surface area contributed by atoms with Crippen LogP contribution >= 0.6 is 0 Å². The standard InChI is InChI=1S/C19H20N4O4/c1-11-5-6-14-12(8-11)17(24)13(10-23(14)2)18(25)20-9-16-21-19(27-22-16)15-4-3-7-26-15/h5-6,8,10,15H,3-4,7,9H2,1-2H3,(H,20,25)/t15-/m0/s1. The summed E-state index contributed by atoms with van der Waals surface area (Å²) in [5.41, 5.74) is 1.53. The van der Waals surface area contributed by atoms with Gasteiger partial charge in [-0.1, -0.05) is 16.8 Å². The van der Waals surface area contributed by atoms with E-state index >= 15 is 0 Å². The summed E-state index contributed by atoms with van der Waals surface area (Å²) in [4.78, 5) is 29.5. The normalized spacial score (nSPS) is 16.7. The molecule has 3 aromatic rings. The van der Waals surface area contributed by atoms with E-state index in [1.807, 2.05) is 19.1 Å². The van der Waals surface area contributed by atoms with Crippen LogP contribution in [0.5, 0.6) is 0 Å². The van der Waals surface area contributed by atoms with Gasteiger partial charge in [-0.2, -0.15) is 4.98 Å². The molecular formula is C19H20N4O4. The van der Waals surface area contributed by atoms with Crippen molar-refractivity contribution in [1.82, 2.24) is 20.0 Å². The number of rotatable bonds is 4. The minimum atomic E-state index is -0.470. The molecule has 8 nitrogen and oxygen atoms in total. The summed E-state index contributed by atoms with van der Waals surface area (Å²) in [5, 5.41) is 7.07. The van der Waals surface area contributed by atoms with Gasteiger partial charge >= 0.3 is 0 Å². The number of pyridine rings is 1. The number of nitrogens with zero attached hydrogens (tertiary/aromatic N) is 3. The molecule has 1 aliphatic rings. The Morgan fingerprint density at radius 3 is 3.04 bits per heavy atom. The first kappa shape index (κ1) is 17.4. The van der Waals surface area contributed by atoms with Crippen LogP contribution in [-0.4, -0.2) is 27.2 Å². The Balaban J connectivity index is 1.53. The third-order valence-electron chi connectivity index (χ3n) is 4.68. The number of aromatic nitrogens is 3. The highest BCUT2D eigenvalue weighted by atomic mass is 16.5. The molecule has 1 fully saturated rings. The number of fused-ring (bicyclic) bond motifs is 1. The molecule has 1 aromatic carbocycles. The molecule has 0 saturated carbocycles. The van der Waals surface area contributed by atoms with Gasteiger partial charge in [-0.05, 0) is 31.9 Å². The molecule has 0 spiro atoms. The zero-order valence-corrected chi connectivity index (χ0v) is 15.2. The summed E-state index contributed by atoms with van der Waals surface area (Å²) in [7, 11) is 1.81. The largest absolute Gasteiger partial charge is 0.368 e. The van der Waals surface area contributed by atoms with Crippen molar-refractivity contribution in [2.45, 2.75) is 32.4 Å². The van der Waals surface area contributed by atoms with Crippen LogP contribution in [0, 0.1) is 6.92 Å². The van der Waals surface area contributed by atoms with Crippen molar-refractivity contribution in [3.05, 3.63) is 57.5 Å². The van der Waals surface area contributed by atoms with Crippen LogP contribution in [-0.2, 0) is 18.3 Å². The van der Waals surface area contributed by atoms with Gasteiger partial charge < -0.3 is 19.1 Å². The lowest BCUT2D eigenvalue weighted by Gasteiger charge is -2.09. The number of ether oxygens (including phenoxy) is 1. The van der Waals surface area contributed by atoms with E-state index in [0.29, 0.717) is 23.7 Å². The van der Waals surface area contributed by atoms with Crippen molar-refractivity contribution in [3.63, 3.8) is 0 Å². The van der Waals surface area contributed by atoms with Crippen molar-refractivity contribution in [3.8, 4) is 0 Å². The quantitative estimate of drug-likeness (QED) is 0.756. The second kappa shape index (κ2) is 6.96. The summed E-state index contributed by atoms with van der Waals surface area (Å²) in [6, 6.07) is 5.60. The Hall–Kier alpha value is -3.00. The van der Waals surface area contributed by atoms with E-state index in [4.69, 9.17) is 9.26 Å². The molecule has 8 heteroatoms. The van der Waals surface area contributed by atoms with Crippen LogP contribution in [0.2, 0.25) is 0 Å². The Morgan fingerprint density at radius 2 is 2.26 bits per heavy atom. The maximum absolute atomic E-state index is 12.7. The molecule has 27 heavy (non-hydrogen) atoms. The Morgan fingerprint density at radius 1 is 1.41 bits per heavy atom. The van der Waals surface area contributed by atoms with Gasteiger partial charge in [0.05, 0.1) is 12.1 Å². The molecule has 0 aliphatic carbocycles. The average Bonchev–Trinajstić information content (AvgIpc) is 3.33. The van der Waals surface area contributed by atoms with Gasteiger partial charge in [0.1, 0.15) is 11.7 Å². The van der Waals surface area contributed by atoms with Crippen molar-refractivity contribution >= 4 is 16.8 Å². The molecule has 3 heterocycles. The molecular weight excluding hydrogens is 348 g/mol. The molecule has 0 radical (unpaired) electrons. The van der Waals surface area contributed by atoms with Gasteiger partial charge in [-0.15, -0.1) is 0 Å². The van der Waals surface area contributed by atoms with E-state index in [-0.39, 0.29) is 23.6 Å². The number of amides is 1. The van der Waals surface area contributed by atoms with Crippen LogP contribution in [0.15, 0.2) is 33.7 Å². The lowest BCUT2D eigenvalue weighted by atomic mass is 10.1. The maximum Gasteiger partial charge on any atom is 0.257 e. The van der Waals surface area contributed by atoms with Gasteiger partial charge in [0.15, 0.2) is 5.82 Å². The molecule has 0 bridgehead atoms. The zero-order valence-electron chi connectivity index (χ0n) is 15.2. The van der Waals surface area contributed by atoms with Crippen LogP contribution in [0.1, 0.15) is 46.6 Å². The molecule has 2 aromatic heterocycles. The van der Waals surface area contributed by atoms with Crippen molar-refractivity contribution < 1.29 is 14.1 Å². The monoisotopic (exact) mass is 368 g/mol. The van der Waals surface area contributed by atoms with Crippen LogP contribution < -0.4 is 10.7 Å². The van der Waals surface area contributed by atoms with E-state index in [1.165, 1.54) is 0 Å². The highest BCUT2D eigenvalue weighted by molar-refractivity contribution is 5.97. The molecule has 1 atom stereocenters. The number of hydrogen-bond acceptors (Lipinski definition) is 6. The van der Waals surface area contributed by atoms with Gasteiger partial charge in [0.2, 0.25) is 5.43 Å². The highest BCUT2D eigenvalue weighted by Crippen LogP contribution is 2.26. The molecule has 140 valence electrons. The fraction of sp³-hybridized carbons (Fsp3) is 0.368. The summed E-state index contributed by atoms with van der Waals surface area (Å²) < 4.78 is 12.5. The van der Waals surface area contributed by atoms with Gasteiger partial charge in [-0.3, -0.25) is 9.59 Å². The van der Waals surface area contributed by atoms with Crippen LogP contribution in [0.25, 0.3) is 10.9 Å². The van der Waals surface area contributed by atoms with Crippen LogP contribution in [0.3, 0.4) is 0 Å². The Bertz CT molecular complexity index is 1060. The first-order valence-corrected chi connectivity index (χ1v) is 8.85. The maximum atomic E-state index is 12.7. The number of carbonyl (C=O) groups is 1. The Kier molecular flexibility index (Phi) is 4.49. The van der Waals surface area contributed by atoms with E-state index in [2.05, 4.69) is 15.5 Å². The second-order valence-electron chi connectivity index (χ2n) is 6.74. The molecule has 1 amide bonds. The summed E-state index contributed by atoms with van der Waals surface area (Å²) in [5.74, 6) is 0.304. The van der Waals surface area contributed by atoms with E-state index in [0.717, 1.165) is 23.9 Å². The van der Waals surface area contributed by atoms with Gasteiger partial charge in [0, 0.05) is 25.2 Å². The van der Waals surface area contributed by atoms with E-state index in [9.17, 15) is 9.59 Å². The van der Waals surface area contributed by atoms with Crippen molar-refractivity contribution in [2.24, 2.45) is 7.05 Å². The predicted molar refractivity (Wildman–Crippen MR) is 97.3 cm³/mol. The second-order valence-corrected chi connectivity index (χ2v) is 6.74. The summed E-state index contributed by atoms with van der Waals surface area (Å²) >= 11 is 0. The molecule has 1 N–H and O–H groups in total. The lowest BCUT2D eigenvalue weighted by molar-refractivity contribution is 0.0835.